The minimum Gasteiger partial charge on any atom is -0.382 e. The molecule has 0 aliphatic carbocycles. The number of unbranched alkanes of at least 4 members (excludes halogenated alkanes) is 3. The molecule has 162 valence electrons. The van der Waals surface area contributed by atoms with Gasteiger partial charge in [-0.15, -0.1) is 5.10 Å². The van der Waals surface area contributed by atoms with Crippen LogP contribution in [0.15, 0.2) is 42.5 Å². The number of aromatic nitrogens is 4. The molecular weight excluding hydrogens is 392 g/mol. The van der Waals surface area contributed by atoms with E-state index in [1.54, 1.807) is 17.0 Å². The topological polar surface area (TPSA) is 95.0 Å². The number of amides is 1. The van der Waals surface area contributed by atoms with Gasteiger partial charge in [-0.2, -0.15) is 8.78 Å². The lowest BCUT2D eigenvalue weighted by atomic mass is 10.0. The predicted octanol–water partition coefficient (Wildman–Crippen LogP) is 3.00. The third-order valence-corrected chi connectivity index (χ3v) is 5.37. The van der Waals surface area contributed by atoms with Crippen LogP contribution < -0.4 is 0 Å². The first kappa shape index (κ1) is 22.0. The molecule has 1 amide bonds. The van der Waals surface area contributed by atoms with Gasteiger partial charge < -0.3 is 10.0 Å². The van der Waals surface area contributed by atoms with Crippen molar-refractivity contribution in [1.29, 1.82) is 0 Å². The van der Waals surface area contributed by atoms with Crippen molar-refractivity contribution in [2.45, 2.75) is 63.0 Å². The molecule has 0 radical (unpaired) electrons. The van der Waals surface area contributed by atoms with E-state index in [1.807, 2.05) is 0 Å². The van der Waals surface area contributed by atoms with Crippen molar-refractivity contribution >= 4 is 5.91 Å². The van der Waals surface area contributed by atoms with E-state index in [0.717, 1.165) is 44.0 Å². The van der Waals surface area contributed by atoms with Crippen molar-refractivity contribution in [1.82, 2.24) is 25.5 Å². The number of hydrogen-bond donors (Lipinski definition) is 2. The SMILES string of the molecule is O=C1CCC(C=CC(O)C(F)(F)c2ccccc2)N1CCCCCCc1nnn[nH]1. The Balaban J connectivity index is 1.45. The maximum absolute atomic E-state index is 14.4. The van der Waals surface area contributed by atoms with E-state index >= 15 is 0 Å². The molecule has 2 N–H and O–H groups in total. The van der Waals surface area contributed by atoms with E-state index in [9.17, 15) is 18.7 Å². The summed E-state index contributed by atoms with van der Waals surface area (Å²) in [4.78, 5) is 13.9. The Labute approximate surface area is 174 Å². The summed E-state index contributed by atoms with van der Waals surface area (Å²) < 4.78 is 28.8. The Morgan fingerprint density at radius 2 is 2.00 bits per heavy atom. The number of benzene rings is 1. The van der Waals surface area contributed by atoms with Gasteiger partial charge in [0, 0.05) is 24.9 Å². The minimum atomic E-state index is -3.38. The second kappa shape index (κ2) is 10.4. The van der Waals surface area contributed by atoms with Crippen LogP contribution in [0.3, 0.4) is 0 Å². The first-order valence-electron chi connectivity index (χ1n) is 10.3. The van der Waals surface area contributed by atoms with Crippen LogP contribution in [0.4, 0.5) is 8.78 Å². The van der Waals surface area contributed by atoms with Gasteiger partial charge >= 0.3 is 5.92 Å². The number of aromatic amines is 1. The van der Waals surface area contributed by atoms with E-state index in [4.69, 9.17) is 0 Å². The summed E-state index contributed by atoms with van der Waals surface area (Å²) in [6.45, 7) is 0.586. The zero-order valence-corrected chi connectivity index (χ0v) is 16.8. The van der Waals surface area contributed by atoms with Crippen LogP contribution in [0.2, 0.25) is 0 Å². The molecule has 0 bridgehead atoms. The summed E-state index contributed by atoms with van der Waals surface area (Å²) in [7, 11) is 0. The number of nitrogens with zero attached hydrogens (tertiary/aromatic N) is 4. The number of aliphatic hydroxyl groups is 1. The molecule has 1 saturated heterocycles. The molecular formula is C21H27F2N5O2. The molecule has 9 heteroatoms. The Kier molecular flexibility index (Phi) is 7.62. The van der Waals surface area contributed by atoms with E-state index < -0.39 is 12.0 Å². The van der Waals surface area contributed by atoms with E-state index in [0.29, 0.717) is 19.4 Å². The maximum Gasteiger partial charge on any atom is 0.302 e. The zero-order chi connectivity index (χ0) is 21.4. The summed E-state index contributed by atoms with van der Waals surface area (Å²) in [5, 5.41) is 23.7. The van der Waals surface area contributed by atoms with Gasteiger partial charge in [-0.3, -0.25) is 4.79 Å². The van der Waals surface area contributed by atoms with Gasteiger partial charge in [0.15, 0.2) is 0 Å². The number of likely N-dealkylation sites (tertiary alicyclic amines) is 1. The van der Waals surface area contributed by atoms with Crippen LogP contribution >= 0.6 is 0 Å². The lowest BCUT2D eigenvalue weighted by molar-refractivity contribution is -0.128. The predicted molar refractivity (Wildman–Crippen MR) is 107 cm³/mol. The number of alkyl halides is 2. The monoisotopic (exact) mass is 419 g/mol. The van der Waals surface area contributed by atoms with Gasteiger partial charge in [0.25, 0.3) is 0 Å². The van der Waals surface area contributed by atoms with Gasteiger partial charge in [-0.25, -0.2) is 5.10 Å². The fraction of sp³-hybridized carbons (Fsp3) is 0.524. The van der Waals surface area contributed by atoms with Crippen LogP contribution in [0.5, 0.6) is 0 Å². The third-order valence-electron chi connectivity index (χ3n) is 5.37. The summed E-state index contributed by atoms with van der Waals surface area (Å²) in [6, 6.07) is 7.01. The van der Waals surface area contributed by atoms with Crippen molar-refractivity contribution in [3.8, 4) is 0 Å². The Morgan fingerprint density at radius 1 is 1.23 bits per heavy atom. The van der Waals surface area contributed by atoms with Crippen LogP contribution in [0.1, 0.15) is 49.9 Å². The average Bonchev–Trinajstić information content (AvgIpc) is 3.39. The van der Waals surface area contributed by atoms with Crippen LogP contribution in [-0.2, 0) is 17.1 Å². The van der Waals surface area contributed by atoms with Crippen LogP contribution in [0.25, 0.3) is 0 Å². The fourth-order valence-corrected chi connectivity index (χ4v) is 3.64. The number of aryl methyl sites for hydroxylation is 1. The molecule has 2 atom stereocenters. The highest BCUT2D eigenvalue weighted by molar-refractivity contribution is 5.79. The number of H-pyrrole nitrogens is 1. The zero-order valence-electron chi connectivity index (χ0n) is 16.8. The maximum atomic E-state index is 14.4. The van der Waals surface area contributed by atoms with Crippen molar-refractivity contribution in [2.75, 3.05) is 6.54 Å². The molecule has 7 nitrogen and oxygen atoms in total. The number of hydrogen-bond acceptors (Lipinski definition) is 5. The molecule has 1 aromatic carbocycles. The van der Waals surface area contributed by atoms with Gasteiger partial charge in [-0.05, 0) is 29.7 Å². The number of carbonyl (C=O) groups is 1. The summed E-state index contributed by atoms with van der Waals surface area (Å²) in [5.74, 6) is -2.59. The highest BCUT2D eigenvalue weighted by Crippen LogP contribution is 2.32. The standard InChI is InChI=1S/C21H27F2N5O2/c22-21(23,16-8-4-3-5-9-16)18(29)13-11-17-12-14-20(30)28(17)15-7-2-1-6-10-19-24-26-27-25-19/h3-5,8-9,11,13,17-18,29H,1-2,6-7,10,12,14-15H2,(H,24,25,26,27). The quantitative estimate of drug-likeness (QED) is 0.431. The number of nitrogens with one attached hydrogen (secondary N) is 1. The summed E-state index contributed by atoms with van der Waals surface area (Å²) in [6.07, 6.45) is 6.23. The molecule has 30 heavy (non-hydrogen) atoms. The van der Waals surface area contributed by atoms with Crippen molar-refractivity contribution in [3.05, 3.63) is 53.9 Å². The molecule has 1 aliphatic heterocycles. The molecule has 2 unspecified atom stereocenters. The Morgan fingerprint density at radius 3 is 2.73 bits per heavy atom. The van der Waals surface area contributed by atoms with E-state index in [-0.39, 0.29) is 17.5 Å². The number of tetrazole rings is 1. The van der Waals surface area contributed by atoms with Gasteiger partial charge in [0.2, 0.25) is 5.91 Å². The van der Waals surface area contributed by atoms with Gasteiger partial charge in [-0.1, -0.05) is 55.3 Å². The smallest absolute Gasteiger partial charge is 0.302 e. The average molecular weight is 419 g/mol. The number of aliphatic hydroxyl groups excluding tert-OH is 1. The van der Waals surface area contributed by atoms with Crippen molar-refractivity contribution in [3.63, 3.8) is 0 Å². The molecule has 1 aliphatic rings. The minimum absolute atomic E-state index is 0.0293. The summed E-state index contributed by atoms with van der Waals surface area (Å²) >= 11 is 0. The molecule has 1 aromatic heterocycles. The van der Waals surface area contributed by atoms with Crippen LogP contribution in [-0.4, -0.2) is 55.2 Å². The van der Waals surface area contributed by atoms with Crippen LogP contribution in [0, 0.1) is 0 Å². The molecule has 0 spiro atoms. The first-order chi connectivity index (χ1) is 14.5. The summed E-state index contributed by atoms with van der Waals surface area (Å²) in [5.41, 5.74) is -0.234. The number of rotatable bonds is 11. The van der Waals surface area contributed by atoms with Gasteiger partial charge in [0.1, 0.15) is 11.9 Å². The highest BCUT2D eigenvalue weighted by Gasteiger charge is 2.39. The first-order valence-corrected chi connectivity index (χ1v) is 10.3. The van der Waals surface area contributed by atoms with Gasteiger partial charge in [0.05, 0.1) is 6.04 Å². The van der Waals surface area contributed by atoms with E-state index in [1.165, 1.54) is 24.3 Å². The molecule has 1 fully saturated rings. The Bertz CT molecular complexity index is 814. The Hall–Kier alpha value is -2.68. The third kappa shape index (κ3) is 5.69. The number of carbonyl (C=O) groups excluding carboxylic acids is 1. The second-order valence-electron chi connectivity index (χ2n) is 7.52. The van der Waals surface area contributed by atoms with E-state index in [2.05, 4.69) is 20.6 Å². The van der Waals surface area contributed by atoms with Crippen molar-refractivity contribution in [2.24, 2.45) is 0 Å². The second-order valence-corrected chi connectivity index (χ2v) is 7.52. The fourth-order valence-electron chi connectivity index (χ4n) is 3.64. The molecule has 2 heterocycles. The normalized spacial score (nSPS) is 18.4. The molecule has 2 aromatic rings. The lowest BCUT2D eigenvalue weighted by Gasteiger charge is -2.24. The highest BCUT2D eigenvalue weighted by atomic mass is 19.3. The van der Waals surface area contributed by atoms with Crippen molar-refractivity contribution < 1.29 is 18.7 Å². The lowest BCUT2D eigenvalue weighted by Crippen LogP contribution is -2.34. The molecule has 3 rings (SSSR count). The molecule has 0 saturated carbocycles. The number of halogens is 2. The largest absolute Gasteiger partial charge is 0.382 e.